The molecule has 8 aromatic carbocycles. The molecule has 122 heavy (non-hydrogen) atoms. The number of rotatable bonds is 19. The van der Waals surface area contributed by atoms with Gasteiger partial charge in [-0.05, 0) is 114 Å². The molecule has 12 aromatic rings. The van der Waals surface area contributed by atoms with Crippen molar-refractivity contribution in [2.75, 3.05) is 0 Å². The molecule has 1 aliphatic carbocycles. The van der Waals surface area contributed by atoms with Gasteiger partial charge in [-0.1, -0.05) is 226 Å². The highest BCUT2D eigenvalue weighted by molar-refractivity contribution is 7.86. The average Bonchev–Trinajstić information content (AvgIpc) is 1.47. The molecule has 624 valence electrons. The third kappa shape index (κ3) is 34.7. The number of carbonyl (C=O) groups excluding carboxylic acids is 7. The van der Waals surface area contributed by atoms with Crippen molar-refractivity contribution >= 4 is 99.1 Å². The van der Waals surface area contributed by atoms with Gasteiger partial charge in [-0.25, -0.2) is 51.1 Å². The van der Waals surface area contributed by atoms with Gasteiger partial charge in [-0.15, -0.1) is 0 Å². The number of benzene rings is 8. The van der Waals surface area contributed by atoms with Gasteiger partial charge in [0.15, 0.2) is 28.2 Å². The lowest BCUT2D eigenvalue weighted by molar-refractivity contribution is -0.672. The van der Waals surface area contributed by atoms with E-state index >= 15 is 0 Å². The fourth-order valence-corrected chi connectivity index (χ4v) is 9.47. The smallest absolute Gasteiger partial charge is 0.485 e. The Balaban J connectivity index is 0.000000224. The molecule has 13 rings (SSSR count). The van der Waals surface area contributed by atoms with Crippen molar-refractivity contribution in [2.45, 2.75) is 39.1 Å². The zero-order chi connectivity index (χ0) is 87.2. The molecule has 0 saturated heterocycles. The van der Waals surface area contributed by atoms with E-state index in [-0.39, 0.29) is 30.1 Å². The van der Waals surface area contributed by atoms with Crippen LogP contribution in [0, 0.1) is 11.7 Å². The SMILES string of the molecule is CC(=O)C(=O)O/N=C/c1cccc[n+]1C.CC(C)C(=O)O/N=C/c1cccnc1.O=C(O/N=C(\c1ccccc1)c1cccc[nH+]1)c1ccccc1.O=C(O/N=C(\c1ccccc1)c1ccccn1)c1ccccc1.O=C(O/N=C/c1ccc(F)cc1)c1ccccc1.O=C(ON=C1Cc2ccccc2C1)c1cccc(Cl)c1.O=S(=O)([O-])C(F)(F)F.[Cl-]. The lowest BCUT2D eigenvalue weighted by atomic mass is 10.1. The Morgan fingerprint density at radius 1 is 0.508 bits per heavy atom. The van der Waals surface area contributed by atoms with Gasteiger partial charge >= 0.3 is 41.3 Å². The van der Waals surface area contributed by atoms with E-state index in [0.29, 0.717) is 50.0 Å². The average molecular weight is 1720 g/mol. The summed E-state index contributed by atoms with van der Waals surface area (Å²) in [6, 6.07) is 85.8. The van der Waals surface area contributed by atoms with Crippen molar-refractivity contribution in [1.82, 2.24) is 9.97 Å². The van der Waals surface area contributed by atoms with Crippen molar-refractivity contribution in [3.8, 4) is 0 Å². The van der Waals surface area contributed by atoms with Crippen LogP contribution in [0.1, 0.15) is 113 Å². The number of pyridine rings is 4. The topological polar surface area (TPSA) is 350 Å². The maximum atomic E-state index is 12.6. The quantitative estimate of drug-likeness (QED) is 0.0106. The third-order valence-corrected chi connectivity index (χ3v) is 16.2. The van der Waals surface area contributed by atoms with E-state index in [1.165, 1.54) is 54.0 Å². The van der Waals surface area contributed by atoms with Gasteiger partial charge in [0.1, 0.15) is 24.8 Å². The molecule has 0 aliphatic heterocycles. The Labute approximate surface area is 708 Å². The molecule has 0 bridgehead atoms. The largest absolute Gasteiger partial charge is 1.00 e. The van der Waals surface area contributed by atoms with E-state index in [0.717, 1.165) is 53.6 Å². The molecule has 1 aliphatic rings. The number of aromatic nitrogens is 4. The van der Waals surface area contributed by atoms with Crippen molar-refractivity contribution < 1.29 is 115 Å². The Morgan fingerprint density at radius 2 is 0.975 bits per heavy atom. The zero-order valence-corrected chi connectivity index (χ0v) is 67.4. The van der Waals surface area contributed by atoms with Crippen molar-refractivity contribution in [2.24, 2.45) is 43.9 Å². The number of aryl methyl sites for hydroxylation is 1. The van der Waals surface area contributed by atoms with Crippen LogP contribution in [0.15, 0.2) is 353 Å². The van der Waals surface area contributed by atoms with Crippen molar-refractivity contribution in [3.63, 3.8) is 0 Å². The molecule has 0 amide bonds. The highest BCUT2D eigenvalue weighted by Gasteiger charge is 2.37. The zero-order valence-electron chi connectivity index (χ0n) is 65.1. The van der Waals surface area contributed by atoms with Crippen LogP contribution in [0.5, 0.6) is 0 Å². The molecular weight excluding hydrogens is 1640 g/mol. The van der Waals surface area contributed by atoms with E-state index in [1.54, 1.807) is 158 Å². The van der Waals surface area contributed by atoms with E-state index in [2.05, 4.69) is 67.7 Å². The number of hydrogen-bond acceptors (Lipinski definition) is 24. The number of ketones is 1. The third-order valence-electron chi connectivity index (χ3n) is 15.4. The number of nitrogens with one attached hydrogen (secondary N) is 1. The van der Waals surface area contributed by atoms with Crippen LogP contribution in [-0.2, 0) is 73.4 Å². The molecule has 33 heteroatoms. The minimum Gasteiger partial charge on any atom is -1.00 e. The second-order valence-electron chi connectivity index (χ2n) is 24.7. The van der Waals surface area contributed by atoms with Crippen LogP contribution >= 0.6 is 11.6 Å². The summed E-state index contributed by atoms with van der Waals surface area (Å²) in [5.74, 6) is -4.50. The van der Waals surface area contributed by atoms with Gasteiger partial charge in [0.2, 0.25) is 17.2 Å². The molecule has 0 atom stereocenters. The lowest BCUT2D eigenvalue weighted by Gasteiger charge is -2.08. The summed E-state index contributed by atoms with van der Waals surface area (Å²) in [4.78, 5) is 120. The summed E-state index contributed by atoms with van der Waals surface area (Å²) in [5.41, 5.74) is 5.80. The summed E-state index contributed by atoms with van der Waals surface area (Å²) in [6.07, 6.45) is 14.2. The monoisotopic (exact) mass is 1720 g/mol. The van der Waals surface area contributed by atoms with Crippen molar-refractivity contribution in [3.05, 3.63) is 406 Å². The number of hydrogen-bond donors (Lipinski definition) is 0. The Bertz CT molecular complexity index is 5420. The lowest BCUT2D eigenvalue weighted by Crippen LogP contribution is -3.00. The maximum absolute atomic E-state index is 12.6. The minimum atomic E-state index is -6.09. The van der Waals surface area contributed by atoms with Crippen LogP contribution in [-0.4, -0.2) is 106 Å². The van der Waals surface area contributed by atoms with E-state index in [1.807, 2.05) is 153 Å². The summed E-state index contributed by atoms with van der Waals surface area (Å²) in [5, 5.41) is 23.1. The number of aromatic amines is 1. The molecule has 0 saturated carbocycles. The number of Topliss-reactive ketones (excluding diaryl/α,β-unsaturated/α-hetero) is 1. The van der Waals surface area contributed by atoms with E-state index < -0.39 is 51.3 Å². The van der Waals surface area contributed by atoms with Crippen LogP contribution in [0.2, 0.25) is 5.02 Å². The molecule has 0 spiro atoms. The van der Waals surface area contributed by atoms with Gasteiger partial charge in [-0.3, -0.25) is 14.8 Å². The minimum absolute atomic E-state index is 0. The summed E-state index contributed by atoms with van der Waals surface area (Å²) in [6.45, 7) is 4.63. The first-order chi connectivity index (χ1) is 58.2. The number of nitrogens with zero attached hydrogens (tertiary/aromatic N) is 9. The standard InChI is InChI=1S/2C19H14N2O2.C16H12ClNO2.C14H10FNO2.C10H11N2O3.C10H12N2O2.CHF3O3S.ClH/c2*22-19(16-11-5-2-6-12-16)23-21-18(15-9-3-1-4-10-15)17-13-7-8-14-20-17;17-14-7-3-6-13(8-14)16(19)20-18-15-9-11-4-1-2-5-12(11)10-15;15-13-8-6-11(7-9-13)10-16-18-14(17)12-4-2-1-3-5-12;1-8(13)10(14)15-11-7-9-5-3-4-6-12(9)2;1-8(2)10(13)14-12-7-9-4-3-5-11-6-9;2-1(3,4)8(5,6)7;/h2*1-14H;1-8H,9-10H2;1-10H;3-7H,1-2H3;3-8H,1-2H3;(H,5,6,7);1H/q;;;;+1;;;/p-1/b2*21-18+;;16-10+;11-7+;12-7+;;. The molecular formula is C89H74Cl2F4N10O16S. The van der Waals surface area contributed by atoms with Crippen molar-refractivity contribution in [1.29, 1.82) is 0 Å². The molecule has 0 fully saturated rings. The summed E-state index contributed by atoms with van der Waals surface area (Å²) in [7, 11) is -4.26. The second kappa shape index (κ2) is 51.3. The number of alkyl halides is 3. The highest BCUT2D eigenvalue weighted by atomic mass is 35.5. The van der Waals surface area contributed by atoms with Crippen LogP contribution in [0.25, 0.3) is 0 Å². The second-order valence-corrected chi connectivity index (χ2v) is 26.5. The van der Waals surface area contributed by atoms with E-state index in [9.17, 15) is 51.1 Å². The number of H-pyrrole nitrogens is 1. The number of fused-ring (bicyclic) bond motifs is 1. The number of halogens is 6. The molecule has 26 nitrogen and oxygen atoms in total. The molecule has 0 radical (unpaired) electrons. The number of oxime groups is 6. The van der Waals surface area contributed by atoms with Gasteiger partial charge in [-0.2, -0.15) is 13.2 Å². The molecule has 4 heterocycles. The molecule has 1 N–H and O–H groups in total. The number of carbonyl (C=O) groups is 7. The van der Waals surface area contributed by atoms with Gasteiger partial charge in [0, 0.05) is 84.3 Å². The van der Waals surface area contributed by atoms with Crippen LogP contribution < -0.4 is 22.0 Å². The van der Waals surface area contributed by atoms with E-state index in [4.69, 9.17) is 43.9 Å². The maximum Gasteiger partial charge on any atom is 0.485 e. The Kier molecular flexibility index (Phi) is 40.3. The van der Waals surface area contributed by atoms with Gasteiger partial charge in [0.05, 0.1) is 52.0 Å². The predicted octanol–water partition coefficient (Wildman–Crippen LogP) is 12.1. The first kappa shape index (κ1) is 95.9. The Hall–Kier alpha value is -14.9. The summed E-state index contributed by atoms with van der Waals surface area (Å²) >= 11 is 5.83. The fourth-order valence-electron chi connectivity index (χ4n) is 9.28. The van der Waals surface area contributed by atoms with Crippen LogP contribution in [0.4, 0.5) is 17.6 Å². The Morgan fingerprint density at radius 3 is 1.46 bits per heavy atom. The molecule has 4 aromatic heterocycles. The summed E-state index contributed by atoms with van der Waals surface area (Å²) < 4.78 is 73.3. The highest BCUT2D eigenvalue weighted by Crippen LogP contribution is 2.22. The predicted molar refractivity (Wildman–Crippen MR) is 440 cm³/mol. The van der Waals surface area contributed by atoms with Gasteiger partial charge < -0.3 is 46.0 Å². The first-order valence-electron chi connectivity index (χ1n) is 35.9. The van der Waals surface area contributed by atoms with Gasteiger partial charge in [0.25, 0.3) is 0 Å². The first-order valence-corrected chi connectivity index (χ1v) is 37.7. The fraction of sp³-hybridized carbons (Fsp3) is 0.0899. The molecule has 0 unspecified atom stereocenters. The normalized spacial score (nSPS) is 11.3. The van der Waals surface area contributed by atoms with Crippen LogP contribution in [0.3, 0.4) is 0 Å².